The van der Waals surface area contributed by atoms with Crippen LogP contribution >= 0.6 is 10.8 Å². The minimum atomic E-state index is -2.60. The molecule has 1 aliphatic rings. The highest BCUT2D eigenvalue weighted by Gasteiger charge is 2.03. The molecule has 0 radical (unpaired) electrons. The van der Waals surface area contributed by atoms with Crippen LogP contribution in [0.3, 0.4) is 0 Å². The van der Waals surface area contributed by atoms with Gasteiger partial charge in [0.1, 0.15) is 0 Å². The molecule has 0 saturated heterocycles. The Kier molecular flexibility index (Phi) is 1.29. The fourth-order valence-corrected chi connectivity index (χ4v) is 1.06. The van der Waals surface area contributed by atoms with Crippen molar-refractivity contribution in [3.05, 3.63) is 23.8 Å². The van der Waals surface area contributed by atoms with Gasteiger partial charge in [-0.05, 0) is 12.2 Å². The zero-order valence-corrected chi connectivity index (χ0v) is 4.93. The summed E-state index contributed by atoms with van der Waals surface area (Å²) < 4.78 is 19.9. The maximum atomic E-state index is 8.76. The first-order valence-corrected chi connectivity index (χ1v) is 3.70. The van der Waals surface area contributed by atoms with Gasteiger partial charge in [-0.25, -0.2) is 0 Å². The third kappa shape index (κ3) is 1.26. The molecule has 8 heavy (non-hydrogen) atoms. The number of allylic oxidation sites excluding steroid dienone is 2. The summed E-state index contributed by atoms with van der Waals surface area (Å²) in [6, 6.07) is 0. The molecular formula is C4H7NO2S. The van der Waals surface area contributed by atoms with Crippen molar-refractivity contribution < 1.29 is 9.11 Å². The molecule has 4 heteroatoms. The maximum Gasteiger partial charge on any atom is 0.0440 e. The summed E-state index contributed by atoms with van der Waals surface area (Å²) in [5, 5.41) is 1.33. The Morgan fingerprint density at radius 3 is 2.25 bits per heavy atom. The van der Waals surface area contributed by atoms with Crippen LogP contribution in [0.1, 0.15) is 0 Å². The molecule has 0 aromatic rings. The third-order valence-corrected chi connectivity index (χ3v) is 1.74. The fourth-order valence-electron chi connectivity index (χ4n) is 0.389. The molecule has 0 aromatic heterocycles. The van der Waals surface area contributed by atoms with Crippen LogP contribution in [0.2, 0.25) is 0 Å². The van der Waals surface area contributed by atoms with Gasteiger partial charge in [-0.15, -0.1) is 0 Å². The van der Waals surface area contributed by atoms with Crippen LogP contribution in [-0.2, 0) is 0 Å². The number of hydrogen-bond donors (Lipinski definition) is 3. The summed E-state index contributed by atoms with van der Waals surface area (Å²) >= 11 is 0. The van der Waals surface area contributed by atoms with E-state index >= 15 is 0 Å². The molecular weight excluding hydrogens is 126 g/mol. The Bertz CT molecular complexity index is 141. The van der Waals surface area contributed by atoms with E-state index in [-0.39, 0.29) is 0 Å². The Hall–Kier alpha value is -0.450. The van der Waals surface area contributed by atoms with Crippen LogP contribution in [0.25, 0.3) is 0 Å². The summed E-state index contributed by atoms with van der Waals surface area (Å²) in [6.45, 7) is 0. The van der Waals surface area contributed by atoms with E-state index in [1.807, 2.05) is 0 Å². The molecule has 3 nitrogen and oxygen atoms in total. The van der Waals surface area contributed by atoms with Gasteiger partial charge in [-0.2, -0.15) is 0 Å². The average molecular weight is 133 g/mol. The quantitative estimate of drug-likeness (QED) is 0.466. The standard InChI is InChI=1S/C4H7NO2S/c6-8(7)4-2-1-3-5-8/h1-7H. The Balaban J connectivity index is 2.65. The van der Waals surface area contributed by atoms with Crippen LogP contribution in [0.15, 0.2) is 23.8 Å². The lowest BCUT2D eigenvalue weighted by molar-refractivity contribution is 0.491. The third-order valence-electron chi connectivity index (χ3n) is 0.717. The van der Waals surface area contributed by atoms with Gasteiger partial charge in [-0.1, -0.05) is 10.8 Å². The van der Waals surface area contributed by atoms with E-state index in [2.05, 4.69) is 4.72 Å². The molecule has 1 heterocycles. The van der Waals surface area contributed by atoms with Gasteiger partial charge in [-0.3, -0.25) is 13.8 Å². The summed E-state index contributed by atoms with van der Waals surface area (Å²) in [4.78, 5) is 0. The first-order valence-electron chi connectivity index (χ1n) is 2.09. The smallest absolute Gasteiger partial charge is 0.0440 e. The molecule has 0 spiro atoms. The number of rotatable bonds is 0. The second-order valence-electron chi connectivity index (χ2n) is 1.40. The topological polar surface area (TPSA) is 52.5 Å². The van der Waals surface area contributed by atoms with Gasteiger partial charge in [0, 0.05) is 11.6 Å². The van der Waals surface area contributed by atoms with Gasteiger partial charge >= 0.3 is 0 Å². The molecule has 3 N–H and O–H groups in total. The zero-order valence-electron chi connectivity index (χ0n) is 4.11. The van der Waals surface area contributed by atoms with Crippen molar-refractivity contribution in [3.8, 4) is 0 Å². The molecule has 0 amide bonds. The normalized spacial score (nSPS) is 26.8. The van der Waals surface area contributed by atoms with E-state index in [9.17, 15) is 0 Å². The molecule has 0 fully saturated rings. The fraction of sp³-hybridized carbons (Fsp3) is 0. The predicted molar refractivity (Wildman–Crippen MR) is 34.3 cm³/mol. The van der Waals surface area contributed by atoms with Gasteiger partial charge in [0.25, 0.3) is 0 Å². The molecule has 1 rings (SSSR count). The van der Waals surface area contributed by atoms with Gasteiger partial charge < -0.3 is 0 Å². The summed E-state index contributed by atoms with van der Waals surface area (Å²) in [7, 11) is -2.60. The van der Waals surface area contributed by atoms with Crippen molar-refractivity contribution in [1.82, 2.24) is 4.72 Å². The lowest BCUT2D eigenvalue weighted by Gasteiger charge is -2.29. The van der Waals surface area contributed by atoms with Gasteiger partial charge in [0.05, 0.1) is 0 Å². The zero-order chi connectivity index (χ0) is 6.04. The highest BCUT2D eigenvalue weighted by molar-refractivity contribution is 8.25. The van der Waals surface area contributed by atoms with Crippen LogP contribution in [0, 0.1) is 0 Å². The van der Waals surface area contributed by atoms with Crippen LogP contribution in [0.4, 0.5) is 0 Å². The Morgan fingerprint density at radius 1 is 1.25 bits per heavy atom. The van der Waals surface area contributed by atoms with E-state index in [0.29, 0.717) is 0 Å². The van der Waals surface area contributed by atoms with Crippen molar-refractivity contribution in [2.45, 2.75) is 0 Å². The predicted octanol–water partition coefficient (Wildman–Crippen LogP) is 1.28. The van der Waals surface area contributed by atoms with Gasteiger partial charge in [0.2, 0.25) is 0 Å². The molecule has 0 aliphatic carbocycles. The average Bonchev–Trinajstić information content (AvgIpc) is 1.65. The Morgan fingerprint density at radius 2 is 2.00 bits per heavy atom. The number of hydrogen-bond acceptors (Lipinski definition) is 3. The van der Waals surface area contributed by atoms with Crippen molar-refractivity contribution in [1.29, 1.82) is 0 Å². The Labute approximate surface area is 49.2 Å². The lowest BCUT2D eigenvalue weighted by Crippen LogP contribution is -2.12. The monoisotopic (exact) mass is 133 g/mol. The van der Waals surface area contributed by atoms with Gasteiger partial charge in [0.15, 0.2) is 0 Å². The molecule has 1 aliphatic heterocycles. The van der Waals surface area contributed by atoms with Crippen molar-refractivity contribution in [2.75, 3.05) is 0 Å². The molecule has 0 unspecified atom stereocenters. The SMILES string of the molecule is OS1(O)C=CC=CN1. The van der Waals surface area contributed by atoms with Crippen LogP contribution in [0.5, 0.6) is 0 Å². The minimum absolute atomic E-state index is 1.33. The van der Waals surface area contributed by atoms with Crippen molar-refractivity contribution in [3.63, 3.8) is 0 Å². The first kappa shape index (κ1) is 5.68. The highest BCUT2D eigenvalue weighted by Crippen LogP contribution is 2.36. The van der Waals surface area contributed by atoms with Crippen LogP contribution < -0.4 is 4.72 Å². The van der Waals surface area contributed by atoms with E-state index in [4.69, 9.17) is 9.11 Å². The summed E-state index contributed by atoms with van der Waals surface area (Å²) in [5.41, 5.74) is 0. The first-order chi connectivity index (χ1) is 3.71. The minimum Gasteiger partial charge on any atom is -0.288 e. The molecule has 0 atom stereocenters. The molecule has 0 saturated carbocycles. The van der Waals surface area contributed by atoms with Crippen molar-refractivity contribution >= 4 is 10.8 Å². The van der Waals surface area contributed by atoms with E-state index < -0.39 is 10.8 Å². The highest BCUT2D eigenvalue weighted by atomic mass is 32.3. The van der Waals surface area contributed by atoms with Crippen LogP contribution in [-0.4, -0.2) is 9.11 Å². The largest absolute Gasteiger partial charge is 0.288 e. The molecule has 46 valence electrons. The molecule has 0 aromatic carbocycles. The second kappa shape index (κ2) is 1.81. The molecule has 0 bridgehead atoms. The van der Waals surface area contributed by atoms with Crippen molar-refractivity contribution in [2.24, 2.45) is 0 Å². The summed E-state index contributed by atoms with van der Waals surface area (Å²) in [6.07, 6.45) is 4.78. The summed E-state index contributed by atoms with van der Waals surface area (Å²) in [5.74, 6) is 0. The van der Waals surface area contributed by atoms with E-state index in [1.165, 1.54) is 11.6 Å². The van der Waals surface area contributed by atoms with E-state index in [0.717, 1.165) is 0 Å². The maximum absolute atomic E-state index is 8.76. The number of nitrogens with one attached hydrogen (secondary N) is 1. The second-order valence-corrected chi connectivity index (χ2v) is 3.09. The van der Waals surface area contributed by atoms with E-state index in [1.54, 1.807) is 12.2 Å². The lowest BCUT2D eigenvalue weighted by atomic mass is 10.6.